The van der Waals surface area contributed by atoms with E-state index < -0.39 is 0 Å². The Hall–Kier alpha value is -0.770. The van der Waals surface area contributed by atoms with Crippen molar-refractivity contribution >= 4 is 17.3 Å². The zero-order chi connectivity index (χ0) is 14.8. The van der Waals surface area contributed by atoms with Gasteiger partial charge in [0.2, 0.25) is 0 Å². The smallest absolute Gasteiger partial charge is 0.0642 e. The second-order valence-corrected chi connectivity index (χ2v) is 6.52. The summed E-state index contributed by atoms with van der Waals surface area (Å²) >= 11 is 6.43. The second-order valence-electron chi connectivity index (χ2n) is 6.11. The van der Waals surface area contributed by atoms with E-state index in [1.807, 2.05) is 12.1 Å². The van der Waals surface area contributed by atoms with Gasteiger partial charge in [0.1, 0.15) is 0 Å². The predicted octanol–water partition coefficient (Wildman–Crippen LogP) is 2.76. The zero-order valence-electron chi connectivity index (χ0n) is 12.8. The van der Waals surface area contributed by atoms with Crippen LogP contribution >= 0.6 is 11.6 Å². The summed E-state index contributed by atoms with van der Waals surface area (Å²) in [5.41, 5.74) is 8.41. The Labute approximate surface area is 127 Å². The Morgan fingerprint density at radius 2 is 1.95 bits per heavy atom. The molecule has 20 heavy (non-hydrogen) atoms. The first-order chi connectivity index (χ1) is 9.50. The van der Waals surface area contributed by atoms with Gasteiger partial charge in [0.15, 0.2) is 0 Å². The summed E-state index contributed by atoms with van der Waals surface area (Å²) in [7, 11) is 6.51. The van der Waals surface area contributed by atoms with Crippen LogP contribution in [0.3, 0.4) is 0 Å². The number of halogens is 1. The van der Waals surface area contributed by atoms with Crippen molar-refractivity contribution in [1.82, 2.24) is 4.90 Å². The van der Waals surface area contributed by atoms with Crippen molar-refractivity contribution in [3.05, 3.63) is 28.8 Å². The summed E-state index contributed by atoms with van der Waals surface area (Å²) in [6, 6.07) is 6.11. The SMILES string of the molecule is CN(CC1(N(C)C)CCC1)c1c(Cl)cccc1CCN. The number of para-hydroxylation sites is 1. The summed E-state index contributed by atoms with van der Waals surface area (Å²) in [4.78, 5) is 4.68. The van der Waals surface area contributed by atoms with Crippen molar-refractivity contribution in [2.24, 2.45) is 5.73 Å². The molecule has 2 rings (SSSR count). The largest absolute Gasteiger partial charge is 0.371 e. The van der Waals surface area contributed by atoms with Crippen LogP contribution in [0, 0.1) is 0 Å². The number of hydrogen-bond donors (Lipinski definition) is 1. The maximum absolute atomic E-state index is 6.43. The van der Waals surface area contributed by atoms with Crippen LogP contribution in [0.2, 0.25) is 5.02 Å². The third kappa shape index (κ3) is 2.95. The fraction of sp³-hybridized carbons (Fsp3) is 0.625. The van der Waals surface area contributed by atoms with Gasteiger partial charge in [-0.3, -0.25) is 0 Å². The first-order valence-electron chi connectivity index (χ1n) is 7.36. The highest BCUT2D eigenvalue weighted by Gasteiger charge is 2.40. The molecule has 0 aliphatic heterocycles. The number of benzene rings is 1. The summed E-state index contributed by atoms with van der Waals surface area (Å²) < 4.78 is 0. The van der Waals surface area contributed by atoms with E-state index in [1.165, 1.54) is 24.8 Å². The van der Waals surface area contributed by atoms with Crippen LogP contribution in [0.5, 0.6) is 0 Å². The van der Waals surface area contributed by atoms with Crippen LogP contribution in [0.1, 0.15) is 24.8 Å². The molecule has 1 aromatic carbocycles. The molecule has 0 unspecified atom stereocenters. The highest BCUT2D eigenvalue weighted by Crippen LogP contribution is 2.39. The van der Waals surface area contributed by atoms with Gasteiger partial charge in [-0.1, -0.05) is 23.7 Å². The minimum atomic E-state index is 0.300. The minimum Gasteiger partial charge on any atom is -0.371 e. The zero-order valence-corrected chi connectivity index (χ0v) is 13.6. The van der Waals surface area contributed by atoms with Gasteiger partial charge in [0.25, 0.3) is 0 Å². The number of hydrogen-bond acceptors (Lipinski definition) is 3. The topological polar surface area (TPSA) is 32.5 Å². The molecule has 4 heteroatoms. The fourth-order valence-electron chi connectivity index (χ4n) is 3.20. The molecular weight excluding hydrogens is 270 g/mol. The van der Waals surface area contributed by atoms with Gasteiger partial charge in [0.05, 0.1) is 10.7 Å². The molecule has 1 aliphatic rings. The van der Waals surface area contributed by atoms with E-state index in [9.17, 15) is 0 Å². The second kappa shape index (κ2) is 6.33. The average molecular weight is 296 g/mol. The lowest BCUT2D eigenvalue weighted by atomic mass is 9.75. The number of likely N-dealkylation sites (N-methyl/N-ethyl adjacent to an activating group) is 2. The Morgan fingerprint density at radius 3 is 2.45 bits per heavy atom. The third-order valence-electron chi connectivity index (χ3n) is 4.63. The lowest BCUT2D eigenvalue weighted by Crippen LogP contribution is -2.56. The Balaban J connectivity index is 2.22. The summed E-state index contributed by atoms with van der Waals surface area (Å²) in [6.07, 6.45) is 4.72. The molecule has 0 aromatic heterocycles. The van der Waals surface area contributed by atoms with Gasteiger partial charge in [-0.25, -0.2) is 0 Å². The minimum absolute atomic E-state index is 0.300. The van der Waals surface area contributed by atoms with Gasteiger partial charge in [-0.2, -0.15) is 0 Å². The summed E-state index contributed by atoms with van der Waals surface area (Å²) in [5.74, 6) is 0. The van der Waals surface area contributed by atoms with Crippen molar-refractivity contribution < 1.29 is 0 Å². The number of nitrogens with zero attached hydrogens (tertiary/aromatic N) is 2. The molecule has 0 atom stereocenters. The van der Waals surface area contributed by atoms with E-state index in [2.05, 4.69) is 37.0 Å². The van der Waals surface area contributed by atoms with E-state index in [1.54, 1.807) is 0 Å². The normalized spacial score (nSPS) is 17.1. The molecule has 0 saturated heterocycles. The number of anilines is 1. The van der Waals surface area contributed by atoms with Gasteiger partial charge in [0, 0.05) is 19.1 Å². The highest BCUT2D eigenvalue weighted by molar-refractivity contribution is 6.33. The molecule has 112 valence electrons. The van der Waals surface area contributed by atoms with Crippen LogP contribution in [-0.4, -0.2) is 44.7 Å². The van der Waals surface area contributed by atoms with Crippen LogP contribution in [-0.2, 0) is 6.42 Å². The van der Waals surface area contributed by atoms with E-state index >= 15 is 0 Å². The molecular formula is C16H26ClN3. The van der Waals surface area contributed by atoms with Crippen molar-refractivity contribution in [1.29, 1.82) is 0 Å². The van der Waals surface area contributed by atoms with Gasteiger partial charge in [-0.05, 0) is 58.0 Å². The predicted molar refractivity (Wildman–Crippen MR) is 87.7 cm³/mol. The Morgan fingerprint density at radius 1 is 1.25 bits per heavy atom. The quantitative estimate of drug-likeness (QED) is 0.876. The third-order valence-corrected chi connectivity index (χ3v) is 4.94. The molecule has 1 saturated carbocycles. The van der Waals surface area contributed by atoms with Crippen molar-refractivity contribution in [2.75, 3.05) is 39.1 Å². The number of rotatable bonds is 6. The van der Waals surface area contributed by atoms with Gasteiger partial charge < -0.3 is 15.5 Å². The molecule has 2 N–H and O–H groups in total. The molecule has 1 aromatic rings. The maximum Gasteiger partial charge on any atom is 0.0642 e. The molecule has 1 aliphatic carbocycles. The highest BCUT2D eigenvalue weighted by atomic mass is 35.5. The van der Waals surface area contributed by atoms with E-state index in [0.717, 1.165) is 23.7 Å². The number of nitrogens with two attached hydrogens (primary N) is 1. The fourth-order valence-corrected chi connectivity index (χ4v) is 3.54. The molecule has 0 radical (unpaired) electrons. The van der Waals surface area contributed by atoms with E-state index in [0.29, 0.717) is 12.1 Å². The molecule has 0 heterocycles. The van der Waals surface area contributed by atoms with E-state index in [-0.39, 0.29) is 0 Å². The summed E-state index contributed by atoms with van der Waals surface area (Å²) in [6.45, 7) is 1.67. The average Bonchev–Trinajstić information content (AvgIpc) is 2.33. The van der Waals surface area contributed by atoms with Crippen LogP contribution in [0.25, 0.3) is 0 Å². The van der Waals surface area contributed by atoms with Crippen molar-refractivity contribution in [3.63, 3.8) is 0 Å². The van der Waals surface area contributed by atoms with E-state index in [4.69, 9.17) is 17.3 Å². The molecule has 0 bridgehead atoms. The summed E-state index contributed by atoms with van der Waals surface area (Å²) in [5, 5.41) is 0.826. The molecule has 0 spiro atoms. The lowest BCUT2D eigenvalue weighted by molar-refractivity contribution is 0.0683. The van der Waals surface area contributed by atoms with Gasteiger partial charge >= 0.3 is 0 Å². The van der Waals surface area contributed by atoms with Crippen LogP contribution in [0.4, 0.5) is 5.69 Å². The molecule has 0 amide bonds. The van der Waals surface area contributed by atoms with Crippen molar-refractivity contribution in [3.8, 4) is 0 Å². The standard InChI is InChI=1S/C16H26ClN3/c1-19(2)16(9-5-10-16)12-20(3)15-13(8-11-18)6-4-7-14(15)17/h4,6-7H,5,8-12,18H2,1-3H3. The monoisotopic (exact) mass is 295 g/mol. The lowest BCUT2D eigenvalue weighted by Gasteiger charge is -2.49. The first kappa shape index (κ1) is 15.6. The molecule has 3 nitrogen and oxygen atoms in total. The Kier molecular flexibility index (Phi) is 4.95. The Bertz CT molecular complexity index is 455. The van der Waals surface area contributed by atoms with Crippen LogP contribution < -0.4 is 10.6 Å². The van der Waals surface area contributed by atoms with Crippen molar-refractivity contribution in [2.45, 2.75) is 31.2 Å². The van der Waals surface area contributed by atoms with Crippen LogP contribution in [0.15, 0.2) is 18.2 Å². The molecule has 1 fully saturated rings. The van der Waals surface area contributed by atoms with Gasteiger partial charge in [-0.15, -0.1) is 0 Å². The maximum atomic E-state index is 6.43. The first-order valence-corrected chi connectivity index (χ1v) is 7.74.